The number of hydrogen-bond acceptors (Lipinski definition) is 6. The first-order valence-corrected chi connectivity index (χ1v) is 8.57. The number of halogens is 1. The molecule has 2 unspecified atom stereocenters. The van der Waals surface area contributed by atoms with Crippen molar-refractivity contribution in [3.05, 3.63) is 53.6 Å². The van der Waals surface area contributed by atoms with Crippen molar-refractivity contribution in [3.63, 3.8) is 0 Å². The Morgan fingerprint density at radius 3 is 3.00 bits per heavy atom. The van der Waals surface area contributed by atoms with Crippen LogP contribution in [0, 0.1) is 5.82 Å². The molecule has 2 atom stereocenters. The maximum Gasteiger partial charge on any atom is 0.260 e. The zero-order valence-corrected chi connectivity index (χ0v) is 14.8. The van der Waals surface area contributed by atoms with Gasteiger partial charge in [-0.25, -0.2) is 13.9 Å². The second-order valence-electron chi connectivity index (χ2n) is 6.41. The number of primary amides is 1. The van der Waals surface area contributed by atoms with E-state index in [0.717, 1.165) is 0 Å². The number of fused-ring (bicyclic) bond motifs is 2. The van der Waals surface area contributed by atoms with Crippen molar-refractivity contribution in [1.82, 2.24) is 19.9 Å². The predicted molar refractivity (Wildman–Crippen MR) is 97.4 cm³/mol. The Bertz CT molecular complexity index is 1080. The quantitative estimate of drug-likeness (QED) is 0.575. The van der Waals surface area contributed by atoms with Gasteiger partial charge in [0.1, 0.15) is 22.9 Å². The summed E-state index contributed by atoms with van der Waals surface area (Å²) in [7, 11) is 0. The fraction of sp³-hybridized carbons (Fsp3) is 0.222. The lowest BCUT2D eigenvalue weighted by atomic mass is 10.1. The minimum Gasteiger partial charge on any atom is -0.478 e. The molecular formula is C18H17FN6O3. The summed E-state index contributed by atoms with van der Waals surface area (Å²) in [6, 6.07) is 5.23. The topological polar surface area (TPSA) is 124 Å². The van der Waals surface area contributed by atoms with Gasteiger partial charge in [0.15, 0.2) is 11.8 Å². The second-order valence-corrected chi connectivity index (χ2v) is 6.41. The molecule has 144 valence electrons. The lowest BCUT2D eigenvalue weighted by Crippen LogP contribution is -2.44. The third kappa shape index (κ3) is 3.20. The molecule has 2 aromatic heterocycles. The number of carbonyl (C=O) groups excluding carboxylic acids is 2. The van der Waals surface area contributed by atoms with E-state index >= 15 is 0 Å². The summed E-state index contributed by atoms with van der Waals surface area (Å²) in [5.74, 6) is -0.935. The van der Waals surface area contributed by atoms with Gasteiger partial charge in [-0.15, -0.1) is 0 Å². The van der Waals surface area contributed by atoms with E-state index in [0.29, 0.717) is 17.0 Å². The number of aromatic nitrogens is 3. The van der Waals surface area contributed by atoms with Gasteiger partial charge in [-0.3, -0.25) is 9.59 Å². The van der Waals surface area contributed by atoms with Crippen LogP contribution in [0.3, 0.4) is 0 Å². The van der Waals surface area contributed by atoms with Crippen LogP contribution in [0.15, 0.2) is 36.7 Å². The van der Waals surface area contributed by atoms with Gasteiger partial charge in [-0.1, -0.05) is 0 Å². The van der Waals surface area contributed by atoms with Gasteiger partial charge in [0.2, 0.25) is 0 Å². The number of carbonyl (C=O) groups is 2. The van der Waals surface area contributed by atoms with Crippen molar-refractivity contribution in [2.75, 3.05) is 11.9 Å². The van der Waals surface area contributed by atoms with E-state index in [-0.39, 0.29) is 17.9 Å². The van der Waals surface area contributed by atoms with Crippen LogP contribution in [-0.2, 0) is 4.79 Å². The fourth-order valence-corrected chi connectivity index (χ4v) is 3.01. The van der Waals surface area contributed by atoms with E-state index in [1.165, 1.54) is 28.9 Å². The standard InChI is InChI=1S/C18H17FN6O3/c1-9-11-6-10(19)2-3-13(11)28-14(16(20)26)8-21-18(27)12-7-22-25-5-4-15(23-9)24-17(12)25/h2-7,9,14H,8H2,1H3,(H2,20,26)(H,21,27)(H,23,24). The Morgan fingerprint density at radius 1 is 1.39 bits per heavy atom. The van der Waals surface area contributed by atoms with Gasteiger partial charge in [0.25, 0.3) is 11.8 Å². The molecule has 2 bridgehead atoms. The maximum atomic E-state index is 13.9. The Hall–Kier alpha value is -3.69. The van der Waals surface area contributed by atoms with Crippen LogP contribution in [-0.4, -0.2) is 39.1 Å². The van der Waals surface area contributed by atoms with Crippen LogP contribution >= 0.6 is 0 Å². The predicted octanol–water partition coefficient (Wildman–Crippen LogP) is 1.02. The summed E-state index contributed by atoms with van der Waals surface area (Å²) in [6.45, 7) is 1.64. The second kappa shape index (κ2) is 6.80. The minimum atomic E-state index is -1.14. The van der Waals surface area contributed by atoms with Crippen molar-refractivity contribution in [2.45, 2.75) is 19.1 Å². The molecule has 1 aliphatic heterocycles. The Labute approximate surface area is 158 Å². The number of rotatable bonds is 1. The number of nitrogens with two attached hydrogens (primary N) is 1. The summed E-state index contributed by atoms with van der Waals surface area (Å²) in [5.41, 5.74) is 6.48. The molecular weight excluding hydrogens is 367 g/mol. The van der Waals surface area contributed by atoms with Crippen LogP contribution in [0.5, 0.6) is 5.75 Å². The number of nitrogens with zero attached hydrogens (tertiary/aromatic N) is 3. The third-order valence-electron chi connectivity index (χ3n) is 4.45. The van der Waals surface area contributed by atoms with Crippen LogP contribution in [0.2, 0.25) is 0 Å². The van der Waals surface area contributed by atoms with E-state index < -0.39 is 29.8 Å². The van der Waals surface area contributed by atoms with Gasteiger partial charge in [-0.2, -0.15) is 5.10 Å². The molecule has 0 fully saturated rings. The first kappa shape index (κ1) is 17.7. The summed E-state index contributed by atoms with van der Waals surface area (Å²) < 4.78 is 21.0. The monoisotopic (exact) mass is 384 g/mol. The first-order chi connectivity index (χ1) is 13.4. The summed E-state index contributed by atoms with van der Waals surface area (Å²) in [6.07, 6.45) is 1.90. The van der Waals surface area contributed by atoms with Crippen molar-refractivity contribution in [2.24, 2.45) is 5.73 Å². The van der Waals surface area contributed by atoms with Crippen molar-refractivity contribution in [3.8, 4) is 5.75 Å². The minimum absolute atomic E-state index is 0.163. The lowest BCUT2D eigenvalue weighted by Gasteiger charge is -2.22. The molecule has 0 saturated heterocycles. The Balaban J connectivity index is 1.83. The van der Waals surface area contributed by atoms with Crippen molar-refractivity contribution in [1.29, 1.82) is 0 Å². The zero-order valence-electron chi connectivity index (χ0n) is 14.8. The largest absolute Gasteiger partial charge is 0.478 e. The normalized spacial score (nSPS) is 19.4. The van der Waals surface area contributed by atoms with Gasteiger partial charge in [-0.05, 0) is 31.2 Å². The molecule has 1 aliphatic rings. The zero-order chi connectivity index (χ0) is 19.8. The molecule has 0 radical (unpaired) electrons. The molecule has 0 aliphatic carbocycles. The summed E-state index contributed by atoms with van der Waals surface area (Å²) in [4.78, 5) is 28.8. The highest BCUT2D eigenvalue weighted by atomic mass is 19.1. The molecule has 10 heteroatoms. The average molecular weight is 384 g/mol. The maximum absolute atomic E-state index is 13.9. The molecule has 4 rings (SSSR count). The SMILES string of the molecule is CC1Nc2ccn3ncc(c3n2)C(=O)NCC(C(N)=O)Oc2ccc(F)cc21. The van der Waals surface area contributed by atoms with E-state index in [1.807, 2.05) is 0 Å². The van der Waals surface area contributed by atoms with Crippen LogP contribution in [0.1, 0.15) is 28.9 Å². The lowest BCUT2D eigenvalue weighted by molar-refractivity contribution is -0.124. The van der Waals surface area contributed by atoms with E-state index in [2.05, 4.69) is 20.7 Å². The Morgan fingerprint density at radius 2 is 2.21 bits per heavy atom. The van der Waals surface area contributed by atoms with E-state index in [9.17, 15) is 14.0 Å². The number of nitrogens with one attached hydrogen (secondary N) is 2. The van der Waals surface area contributed by atoms with Crippen molar-refractivity contribution >= 4 is 23.3 Å². The fourth-order valence-electron chi connectivity index (χ4n) is 3.01. The highest BCUT2D eigenvalue weighted by Gasteiger charge is 2.24. The van der Waals surface area contributed by atoms with E-state index in [1.54, 1.807) is 19.2 Å². The highest BCUT2D eigenvalue weighted by molar-refractivity contribution is 6.00. The molecule has 1 aromatic carbocycles. The van der Waals surface area contributed by atoms with Gasteiger partial charge >= 0.3 is 0 Å². The van der Waals surface area contributed by atoms with Crippen LogP contribution in [0.4, 0.5) is 10.2 Å². The molecule has 3 aromatic rings. The molecule has 28 heavy (non-hydrogen) atoms. The Kier molecular flexibility index (Phi) is 4.30. The molecule has 3 heterocycles. The summed E-state index contributed by atoms with van der Waals surface area (Å²) in [5, 5.41) is 9.86. The van der Waals surface area contributed by atoms with Gasteiger partial charge in [0, 0.05) is 11.8 Å². The molecule has 2 amide bonds. The van der Waals surface area contributed by atoms with E-state index in [4.69, 9.17) is 10.5 Å². The number of anilines is 1. The van der Waals surface area contributed by atoms with Crippen LogP contribution < -0.4 is 21.1 Å². The number of ether oxygens (including phenoxy) is 1. The first-order valence-electron chi connectivity index (χ1n) is 8.57. The molecule has 4 N–H and O–H groups in total. The molecule has 0 saturated carbocycles. The van der Waals surface area contributed by atoms with Crippen molar-refractivity contribution < 1.29 is 18.7 Å². The number of hydrogen-bond donors (Lipinski definition) is 3. The number of amides is 2. The van der Waals surface area contributed by atoms with Gasteiger partial charge < -0.3 is 21.1 Å². The molecule has 0 spiro atoms. The summed E-state index contributed by atoms with van der Waals surface area (Å²) >= 11 is 0. The highest BCUT2D eigenvalue weighted by Crippen LogP contribution is 2.29. The van der Waals surface area contributed by atoms with Gasteiger partial charge in [0.05, 0.1) is 18.8 Å². The smallest absolute Gasteiger partial charge is 0.260 e. The molecule has 9 nitrogen and oxygen atoms in total. The van der Waals surface area contributed by atoms with Crippen LogP contribution in [0.25, 0.3) is 5.65 Å². The number of benzene rings is 1. The average Bonchev–Trinajstić information content (AvgIpc) is 3.08. The third-order valence-corrected chi connectivity index (χ3v) is 4.45.